The second-order valence-corrected chi connectivity index (χ2v) is 8.30. The molecule has 8 heteroatoms. The van der Waals surface area contributed by atoms with Crippen LogP contribution in [0.25, 0.3) is 10.9 Å². The summed E-state index contributed by atoms with van der Waals surface area (Å²) in [6.07, 6.45) is -4.75. The third-order valence-electron chi connectivity index (χ3n) is 5.43. The molecule has 0 spiro atoms. The number of fused-ring (bicyclic) bond motifs is 1. The fourth-order valence-corrected chi connectivity index (χ4v) is 4.07. The zero-order valence-electron chi connectivity index (χ0n) is 17.2. The van der Waals surface area contributed by atoms with Gasteiger partial charge in [-0.05, 0) is 54.2 Å². The fraction of sp³-hybridized carbons (Fsp3) is 0.409. The fourth-order valence-electron chi connectivity index (χ4n) is 4.07. The van der Waals surface area contributed by atoms with Crippen LogP contribution < -0.4 is 4.74 Å². The molecule has 3 rings (SSSR count). The summed E-state index contributed by atoms with van der Waals surface area (Å²) in [5.74, 6) is -0.254. The maximum atomic E-state index is 14.0. The first-order chi connectivity index (χ1) is 13.9. The minimum Gasteiger partial charge on any atom is -0.481 e. The molecule has 2 N–H and O–H groups in total. The number of hydrogen-bond donors (Lipinski definition) is 2. The number of aromatic nitrogens is 2. The summed E-state index contributed by atoms with van der Waals surface area (Å²) in [6.45, 7) is 4.85. The van der Waals surface area contributed by atoms with Crippen LogP contribution in [0.5, 0.6) is 5.88 Å². The number of nitrogens with one attached hydrogen (secondary N) is 1. The molecule has 4 nitrogen and oxygen atoms in total. The van der Waals surface area contributed by atoms with Crippen LogP contribution in [-0.4, -0.2) is 34.0 Å². The van der Waals surface area contributed by atoms with Gasteiger partial charge in [0.25, 0.3) is 0 Å². The summed E-state index contributed by atoms with van der Waals surface area (Å²) < 4.78 is 61.0. The Hall–Kier alpha value is -2.61. The van der Waals surface area contributed by atoms with Gasteiger partial charge >= 0.3 is 6.18 Å². The average Bonchev–Trinajstić information content (AvgIpc) is 3.04. The van der Waals surface area contributed by atoms with Crippen molar-refractivity contribution in [2.45, 2.75) is 50.8 Å². The van der Waals surface area contributed by atoms with Crippen LogP contribution in [0, 0.1) is 12.7 Å². The number of H-pyrrole nitrogens is 1. The van der Waals surface area contributed by atoms with Crippen molar-refractivity contribution in [2.75, 3.05) is 7.11 Å². The van der Waals surface area contributed by atoms with Gasteiger partial charge in [0.1, 0.15) is 5.82 Å². The van der Waals surface area contributed by atoms with Crippen molar-refractivity contribution in [2.24, 2.45) is 0 Å². The van der Waals surface area contributed by atoms with E-state index in [1.807, 2.05) is 0 Å². The molecule has 0 amide bonds. The van der Waals surface area contributed by atoms with Gasteiger partial charge in [-0.15, -0.1) is 0 Å². The second-order valence-electron chi connectivity index (χ2n) is 8.30. The minimum atomic E-state index is -4.90. The second kappa shape index (κ2) is 7.58. The number of aryl methyl sites for hydroxylation is 1. The molecule has 1 unspecified atom stereocenters. The van der Waals surface area contributed by atoms with Gasteiger partial charge in [-0.25, -0.2) is 9.37 Å². The standard InChI is InChI=1S/C22H24F4N2O2/c1-13-5-6-14(23)9-17(13)20(2,3)12-21(29,22(24,25)26)11-15-10-16-18(28-15)7-8-27-19(16)30-4/h5-10,28-29H,11-12H2,1-4H3. The first-order valence-corrected chi connectivity index (χ1v) is 9.43. The van der Waals surface area contributed by atoms with Crippen molar-refractivity contribution in [1.82, 2.24) is 9.97 Å². The third-order valence-corrected chi connectivity index (χ3v) is 5.43. The van der Waals surface area contributed by atoms with Gasteiger partial charge in [0.05, 0.1) is 18.0 Å². The molecule has 30 heavy (non-hydrogen) atoms. The first kappa shape index (κ1) is 22.1. The molecule has 0 aliphatic carbocycles. The Bertz CT molecular complexity index is 1060. The molecule has 0 aliphatic rings. The van der Waals surface area contributed by atoms with Crippen molar-refractivity contribution in [3.63, 3.8) is 0 Å². The highest BCUT2D eigenvalue weighted by Gasteiger charge is 2.56. The zero-order valence-corrected chi connectivity index (χ0v) is 17.2. The summed E-state index contributed by atoms with van der Waals surface area (Å²) in [5, 5.41) is 11.4. The zero-order chi connectivity index (χ0) is 22.3. The van der Waals surface area contributed by atoms with Crippen LogP contribution in [-0.2, 0) is 11.8 Å². The smallest absolute Gasteiger partial charge is 0.417 e. The molecule has 0 bridgehead atoms. The number of halogens is 4. The lowest BCUT2D eigenvalue weighted by molar-refractivity contribution is -0.266. The van der Waals surface area contributed by atoms with E-state index < -0.39 is 35.9 Å². The molecule has 0 saturated carbocycles. The van der Waals surface area contributed by atoms with Crippen molar-refractivity contribution >= 4 is 10.9 Å². The van der Waals surface area contributed by atoms with Gasteiger partial charge in [0.15, 0.2) is 5.60 Å². The molecule has 1 atom stereocenters. The van der Waals surface area contributed by atoms with Gasteiger partial charge in [-0.1, -0.05) is 19.9 Å². The van der Waals surface area contributed by atoms with Crippen LogP contribution in [0.2, 0.25) is 0 Å². The summed E-state index contributed by atoms with van der Waals surface area (Å²) in [5.41, 5.74) is -2.33. The highest BCUT2D eigenvalue weighted by Crippen LogP contribution is 2.44. The number of alkyl halides is 3. The van der Waals surface area contributed by atoms with E-state index in [1.54, 1.807) is 26.8 Å². The predicted octanol–water partition coefficient (Wildman–Crippen LogP) is 5.22. The summed E-state index contributed by atoms with van der Waals surface area (Å²) >= 11 is 0. The molecule has 2 heterocycles. The number of aromatic amines is 1. The van der Waals surface area contributed by atoms with Gasteiger partial charge < -0.3 is 14.8 Å². The Morgan fingerprint density at radius 1 is 1.13 bits per heavy atom. The molecule has 0 saturated heterocycles. The van der Waals surface area contributed by atoms with Crippen molar-refractivity contribution < 1.29 is 27.4 Å². The summed E-state index contributed by atoms with van der Waals surface area (Å²) in [7, 11) is 1.42. The molecule has 0 radical (unpaired) electrons. The normalized spacial score (nSPS) is 14.7. The maximum Gasteiger partial charge on any atom is 0.417 e. The SMILES string of the molecule is COc1nccc2[nH]c(CC(O)(CC(C)(C)c3cc(F)ccc3C)C(F)(F)F)cc12. The lowest BCUT2D eigenvalue weighted by Crippen LogP contribution is -2.51. The number of hydrogen-bond acceptors (Lipinski definition) is 3. The van der Waals surface area contributed by atoms with E-state index in [0.29, 0.717) is 22.0 Å². The number of aliphatic hydroxyl groups is 1. The van der Waals surface area contributed by atoms with E-state index in [-0.39, 0.29) is 11.6 Å². The topological polar surface area (TPSA) is 58.1 Å². The van der Waals surface area contributed by atoms with Gasteiger partial charge in [0.2, 0.25) is 5.88 Å². The van der Waals surface area contributed by atoms with Crippen molar-refractivity contribution in [3.8, 4) is 5.88 Å². The number of pyridine rings is 1. The summed E-state index contributed by atoms with van der Waals surface area (Å²) in [6, 6.07) is 7.13. The van der Waals surface area contributed by atoms with Gasteiger partial charge in [0, 0.05) is 18.3 Å². The maximum absolute atomic E-state index is 14.0. The Labute approximate surface area is 171 Å². The number of nitrogens with zero attached hydrogens (tertiary/aromatic N) is 1. The molecule has 1 aromatic carbocycles. The van der Waals surface area contributed by atoms with E-state index in [9.17, 15) is 22.7 Å². The molecule has 0 aliphatic heterocycles. The molecular weight excluding hydrogens is 400 g/mol. The van der Waals surface area contributed by atoms with Crippen LogP contribution in [0.1, 0.15) is 37.1 Å². The molecule has 3 aromatic rings. The van der Waals surface area contributed by atoms with E-state index in [4.69, 9.17) is 4.74 Å². The van der Waals surface area contributed by atoms with Gasteiger partial charge in [-0.2, -0.15) is 13.2 Å². The molecular formula is C22H24F4N2O2. The molecule has 0 fully saturated rings. The van der Waals surface area contributed by atoms with E-state index >= 15 is 0 Å². The Morgan fingerprint density at radius 2 is 1.83 bits per heavy atom. The summed E-state index contributed by atoms with van der Waals surface area (Å²) in [4.78, 5) is 6.94. The van der Waals surface area contributed by atoms with Crippen LogP contribution in [0.15, 0.2) is 36.5 Å². The van der Waals surface area contributed by atoms with Crippen LogP contribution in [0.4, 0.5) is 17.6 Å². The first-order valence-electron chi connectivity index (χ1n) is 9.43. The van der Waals surface area contributed by atoms with Gasteiger partial charge in [-0.3, -0.25) is 0 Å². The number of ether oxygens (including phenoxy) is 1. The van der Waals surface area contributed by atoms with Crippen LogP contribution >= 0.6 is 0 Å². The molecule has 2 aromatic heterocycles. The van der Waals surface area contributed by atoms with E-state index in [1.165, 1.54) is 37.6 Å². The lowest BCUT2D eigenvalue weighted by atomic mass is 9.72. The highest BCUT2D eigenvalue weighted by molar-refractivity contribution is 5.85. The largest absolute Gasteiger partial charge is 0.481 e. The van der Waals surface area contributed by atoms with Crippen molar-refractivity contribution in [3.05, 3.63) is 59.2 Å². The minimum absolute atomic E-state index is 0.197. The lowest BCUT2D eigenvalue weighted by Gasteiger charge is -2.38. The van der Waals surface area contributed by atoms with Crippen LogP contribution in [0.3, 0.4) is 0 Å². The average molecular weight is 424 g/mol. The van der Waals surface area contributed by atoms with E-state index in [0.717, 1.165) is 0 Å². The quantitative estimate of drug-likeness (QED) is 0.533. The van der Waals surface area contributed by atoms with E-state index in [2.05, 4.69) is 9.97 Å². The molecule has 162 valence electrons. The predicted molar refractivity (Wildman–Crippen MR) is 106 cm³/mol. The number of methoxy groups -OCH3 is 1. The highest BCUT2D eigenvalue weighted by atomic mass is 19.4. The third kappa shape index (κ3) is 4.14. The number of rotatable bonds is 6. The number of benzene rings is 1. The Morgan fingerprint density at radius 3 is 2.47 bits per heavy atom. The van der Waals surface area contributed by atoms with Crippen molar-refractivity contribution in [1.29, 1.82) is 0 Å². The Balaban J connectivity index is 2.00. The Kier molecular flexibility index (Phi) is 5.58. The monoisotopic (exact) mass is 424 g/mol.